The van der Waals surface area contributed by atoms with Crippen LogP contribution < -0.4 is 58.3 Å². The molecule has 0 aliphatic heterocycles. The van der Waals surface area contributed by atoms with Gasteiger partial charge in [-0.15, -0.1) is 0 Å². The summed E-state index contributed by atoms with van der Waals surface area (Å²) in [6, 6.07) is 91.2. The summed E-state index contributed by atoms with van der Waals surface area (Å²) in [7, 11) is -3.80. The molecule has 7 aromatic heterocycles. The minimum Gasteiger partial charge on any atom is -0.351 e. The minimum atomic E-state index is -3.80. The molecule has 0 fully saturated rings. The number of hydrogen-bond acceptors (Lipinski definition) is 28. The monoisotopic (exact) mass is 1780 g/mol. The van der Waals surface area contributed by atoms with Crippen LogP contribution in [0.25, 0.3) is 51.1 Å². The van der Waals surface area contributed by atoms with E-state index < -0.39 is 20.9 Å². The van der Waals surface area contributed by atoms with Crippen molar-refractivity contribution in [1.29, 1.82) is 0 Å². The summed E-state index contributed by atoms with van der Waals surface area (Å²) in [4.78, 5) is 102. The van der Waals surface area contributed by atoms with Crippen molar-refractivity contribution in [2.45, 2.75) is 11.8 Å². The molecule has 0 bridgehead atoms. The number of nitrogens with two attached hydrogens (primary N) is 1. The molecule has 19 aromatic rings. The summed E-state index contributed by atoms with van der Waals surface area (Å²) in [5.74, 6) is -1.38. The van der Waals surface area contributed by atoms with Gasteiger partial charge in [0, 0.05) is 70.9 Å². The Morgan fingerprint density at radius 1 is 0.365 bits per heavy atom. The van der Waals surface area contributed by atoms with E-state index in [0.717, 1.165) is 89.6 Å². The average Bonchev–Trinajstić information content (AvgIpc) is 1.68. The van der Waals surface area contributed by atoms with Crippen LogP contribution in [0.3, 0.4) is 0 Å². The van der Waals surface area contributed by atoms with E-state index in [-0.39, 0.29) is 45.5 Å². The van der Waals surface area contributed by atoms with Crippen molar-refractivity contribution in [3.63, 3.8) is 0 Å². The summed E-state index contributed by atoms with van der Waals surface area (Å²) in [6.07, 6.45) is 4.31. The van der Waals surface area contributed by atoms with Crippen LogP contribution >= 0.6 is 56.7 Å². The zero-order chi connectivity index (χ0) is 87.3. The lowest BCUT2D eigenvalue weighted by molar-refractivity contribution is -0.384. The Hall–Kier alpha value is -16.0. The summed E-state index contributed by atoms with van der Waals surface area (Å²) >= 11 is 7.56. The molecule has 5 amide bonds. The predicted molar refractivity (Wildman–Crippen MR) is 502 cm³/mol. The molecule has 36 heteroatoms. The second-order valence-corrected chi connectivity index (χ2v) is 33.4. The number of rotatable bonds is 21. The highest BCUT2D eigenvalue weighted by atomic mass is 32.2. The number of carbonyl (C=O) groups is 5. The van der Waals surface area contributed by atoms with E-state index in [1.165, 1.54) is 126 Å². The standard InChI is InChI=1S/C20H16N4O3S2.C20H14N4O3S.C18H13N5OS.C17H12N4O2S.C15H13N3OS/c21-29(26,27)15-11-9-13(10-12-15)19(25)23-16-7-4-8-17-18(16)24-20(28-17)22-14-5-2-1-3-6-14;25-19(13-6-4-9-15(12-13)24(26)27)22-16-10-5-11-17-18(16)23-20(28-17)21-14-7-2-1-3-8-14;24-17(14-9-10-19-11-20-14)22-13-7-4-8-15-16(13)23-18(25-15)21-12-5-2-1-3-6-12;22-16(13-9-10-18-23-13)20-12-7-4-8-14-15(12)21-17(24-14)19-11-5-2-1-3-6-11;1-10(19)16-12-8-5-9-13-14(12)18-15(20-13)17-11-6-3-2-4-7-11/h1-12H,(H,22,24)(H,23,25)(H2,21,26,27);1-12H,(H,21,23)(H,22,25);1-11H,(H,21,23)(H,22,24);1-10H,(H,19,21)(H,20,22);2-9H,1H3,(H,16,19)(H,17,18). The first-order valence-electron chi connectivity index (χ1n) is 38.0. The maximum Gasteiger partial charge on any atom is 0.294 e. The first kappa shape index (κ1) is 85.0. The summed E-state index contributed by atoms with van der Waals surface area (Å²) in [5, 5.41) is 53.7. The first-order valence-corrected chi connectivity index (χ1v) is 43.6. The summed E-state index contributed by atoms with van der Waals surface area (Å²) in [6.45, 7) is 1.49. The quantitative estimate of drug-likeness (QED) is 0.0235. The number of nitro benzene ring substituents is 1. The molecule has 12 aromatic carbocycles. The SMILES string of the molecule is CC(=O)Nc1cccc2sc(Nc3ccccc3)nc12.NS(=O)(=O)c1ccc(C(=O)Nc2cccc3sc(Nc4ccccc4)nc23)cc1.O=C(Nc1cccc2sc(Nc3ccccc3)nc12)c1cccc([N+](=O)[O-])c1.O=C(Nc1cccc2sc(Nc3ccccc3)nc12)c1ccncn1.O=C(Nc1cccc2sc(Nc3ccccc3)nc12)c1ccno1. The van der Waals surface area contributed by atoms with Gasteiger partial charge in [-0.3, -0.25) is 34.1 Å². The smallest absolute Gasteiger partial charge is 0.294 e. The van der Waals surface area contributed by atoms with Crippen molar-refractivity contribution in [1.82, 2.24) is 40.0 Å². The van der Waals surface area contributed by atoms with Crippen molar-refractivity contribution in [2.75, 3.05) is 53.2 Å². The van der Waals surface area contributed by atoms with Crippen LogP contribution in [0, 0.1) is 10.1 Å². The molecule has 0 aliphatic carbocycles. The molecule has 7 heterocycles. The number of hydrogen-bond donors (Lipinski definition) is 11. The van der Waals surface area contributed by atoms with Gasteiger partial charge in [-0.05, 0) is 158 Å². The second-order valence-electron chi connectivity index (χ2n) is 26.7. The van der Waals surface area contributed by atoms with E-state index in [1.54, 1.807) is 29.5 Å². The Balaban J connectivity index is 0.000000122. The number of aromatic nitrogens is 8. The number of anilines is 15. The topological polar surface area (TPSA) is 425 Å². The van der Waals surface area contributed by atoms with Crippen LogP contribution in [-0.4, -0.2) is 82.9 Å². The van der Waals surface area contributed by atoms with Gasteiger partial charge in [0.05, 0.1) is 68.0 Å². The highest BCUT2D eigenvalue weighted by molar-refractivity contribution is 7.89. The molecule has 19 rings (SSSR count). The number of fused-ring (bicyclic) bond motifs is 5. The third-order valence-corrected chi connectivity index (χ3v) is 23.4. The summed E-state index contributed by atoms with van der Waals surface area (Å²) in [5.41, 5.74) is 12.2. The summed E-state index contributed by atoms with van der Waals surface area (Å²) < 4.78 is 32.4. The number of nitro groups is 1. The number of amides is 5. The van der Waals surface area contributed by atoms with Crippen molar-refractivity contribution in [3.8, 4) is 0 Å². The number of sulfonamides is 1. The molecular weight excluding hydrogens is 1710 g/mol. The zero-order valence-corrected chi connectivity index (χ0v) is 70.6. The van der Waals surface area contributed by atoms with Crippen LogP contribution in [-0.2, 0) is 14.8 Å². The van der Waals surface area contributed by atoms with Gasteiger partial charge < -0.3 is 57.7 Å². The highest BCUT2D eigenvalue weighted by Crippen LogP contribution is 2.39. The van der Waals surface area contributed by atoms with Crippen molar-refractivity contribution in [3.05, 3.63) is 355 Å². The predicted octanol–water partition coefficient (Wildman–Crippen LogP) is 21.5. The van der Waals surface area contributed by atoms with Crippen LogP contribution in [0.15, 0.2) is 331 Å². The molecule has 0 saturated heterocycles. The van der Waals surface area contributed by atoms with E-state index in [9.17, 15) is 42.5 Å². The van der Waals surface area contributed by atoms with Gasteiger partial charge in [0.2, 0.25) is 21.7 Å². The van der Waals surface area contributed by atoms with Gasteiger partial charge >= 0.3 is 0 Å². The molecule has 30 nitrogen and oxygen atoms in total. The molecule has 0 atom stereocenters. The number of nitrogens with zero attached hydrogens (tertiary/aromatic N) is 9. The van der Waals surface area contributed by atoms with Crippen LogP contribution in [0.2, 0.25) is 0 Å². The van der Waals surface area contributed by atoms with Gasteiger partial charge in [-0.2, -0.15) is 0 Å². The molecule has 0 unspecified atom stereocenters. The molecule has 0 saturated carbocycles. The maximum absolute atomic E-state index is 12.6. The first-order chi connectivity index (χ1) is 61.3. The number of nitrogens with one attached hydrogen (secondary N) is 10. The number of benzene rings is 12. The number of primary sulfonamides is 1. The molecule has 624 valence electrons. The third kappa shape index (κ3) is 22.4. The molecule has 0 spiro atoms. The lowest BCUT2D eigenvalue weighted by Gasteiger charge is -2.06. The van der Waals surface area contributed by atoms with Gasteiger partial charge in [0.15, 0.2) is 25.7 Å². The maximum atomic E-state index is 12.6. The lowest BCUT2D eigenvalue weighted by atomic mass is 10.2. The van der Waals surface area contributed by atoms with Crippen LogP contribution in [0.4, 0.5) is 88.2 Å². The highest BCUT2D eigenvalue weighted by Gasteiger charge is 2.21. The van der Waals surface area contributed by atoms with Gasteiger partial charge in [-0.25, -0.2) is 48.4 Å². The van der Waals surface area contributed by atoms with Crippen molar-refractivity contribution in [2.24, 2.45) is 5.14 Å². The minimum absolute atomic E-state index is 0.0488. The van der Waals surface area contributed by atoms with E-state index >= 15 is 0 Å². The van der Waals surface area contributed by atoms with Crippen molar-refractivity contribution < 1.29 is 41.8 Å². The van der Waals surface area contributed by atoms with Crippen LogP contribution in [0.1, 0.15) is 48.7 Å². The molecule has 12 N–H and O–H groups in total. The normalized spacial score (nSPS) is 10.7. The van der Waals surface area contributed by atoms with E-state index in [4.69, 9.17) is 9.66 Å². The molecule has 0 radical (unpaired) electrons. The Morgan fingerprint density at radius 3 is 1.02 bits per heavy atom. The number of para-hydroxylation sites is 10. The third-order valence-electron chi connectivity index (χ3n) is 17.8. The van der Waals surface area contributed by atoms with E-state index in [1.807, 2.05) is 231 Å². The molecular formula is C90H68N20O10S6. The fraction of sp³-hybridized carbons (Fsp3) is 0.0111. The fourth-order valence-electron chi connectivity index (χ4n) is 12.0. The van der Waals surface area contributed by atoms with E-state index in [2.05, 4.69) is 93.2 Å². The number of thiazole rings is 5. The average molecular weight is 1780 g/mol. The van der Waals surface area contributed by atoms with Gasteiger partial charge in [0.1, 0.15) is 39.6 Å². The number of non-ortho nitro benzene ring substituents is 1. The Kier molecular flexibility index (Phi) is 27.1. The van der Waals surface area contributed by atoms with Crippen LogP contribution in [0.5, 0.6) is 0 Å². The van der Waals surface area contributed by atoms with Gasteiger partial charge in [-0.1, -0.05) is 189 Å². The van der Waals surface area contributed by atoms with Crippen molar-refractivity contribution >= 4 is 236 Å². The molecule has 0 aliphatic rings. The lowest BCUT2D eigenvalue weighted by Crippen LogP contribution is -2.14. The zero-order valence-electron chi connectivity index (χ0n) is 65.7. The second kappa shape index (κ2) is 40.2. The van der Waals surface area contributed by atoms with Gasteiger partial charge in [0.25, 0.3) is 29.3 Å². The fourth-order valence-corrected chi connectivity index (χ4v) is 17.1. The van der Waals surface area contributed by atoms with E-state index in [0.29, 0.717) is 55.3 Å². The Bertz CT molecular complexity index is 7190. The Morgan fingerprint density at radius 2 is 0.698 bits per heavy atom. The molecule has 126 heavy (non-hydrogen) atoms. The number of carbonyl (C=O) groups excluding carboxylic acids is 5. The Labute approximate surface area is 737 Å². The largest absolute Gasteiger partial charge is 0.351 e.